The van der Waals surface area contributed by atoms with Crippen LogP contribution in [0.25, 0.3) is 0 Å². The van der Waals surface area contributed by atoms with Crippen LogP contribution in [0.15, 0.2) is 42.5 Å². The van der Waals surface area contributed by atoms with Crippen molar-refractivity contribution in [3.05, 3.63) is 64.7 Å². The van der Waals surface area contributed by atoms with Gasteiger partial charge in [-0.15, -0.1) is 11.6 Å². The molecule has 2 aromatic carbocycles. The molecule has 3 heteroatoms. The highest BCUT2D eigenvalue weighted by Crippen LogP contribution is 2.47. The van der Waals surface area contributed by atoms with Crippen LogP contribution in [0.2, 0.25) is 0 Å². The average molecular weight is 298 g/mol. The van der Waals surface area contributed by atoms with Crippen LogP contribution in [0, 0.1) is 0 Å². The van der Waals surface area contributed by atoms with E-state index < -0.39 is 0 Å². The molecule has 0 fully saturated rings. The predicted octanol–water partition coefficient (Wildman–Crippen LogP) is 3.83. The maximum atomic E-state index is 11.8. The van der Waals surface area contributed by atoms with Crippen molar-refractivity contribution in [3.63, 3.8) is 0 Å². The molecule has 2 aromatic rings. The van der Waals surface area contributed by atoms with E-state index in [1.54, 1.807) is 4.90 Å². The zero-order valence-electron chi connectivity index (χ0n) is 11.8. The summed E-state index contributed by atoms with van der Waals surface area (Å²) in [5.74, 6) is 0.540. The Morgan fingerprint density at radius 3 is 2.81 bits per heavy atom. The molecule has 106 valence electrons. The maximum absolute atomic E-state index is 11.8. The number of carbonyl (C=O) groups is 1. The zero-order chi connectivity index (χ0) is 14.6. The molecular formula is C18H16ClNO. The summed E-state index contributed by atoms with van der Waals surface area (Å²) in [4.78, 5) is 13.5. The summed E-state index contributed by atoms with van der Waals surface area (Å²) < 4.78 is 0. The largest absolute Gasteiger partial charge is 0.315 e. The van der Waals surface area contributed by atoms with Crippen LogP contribution in [-0.2, 0) is 17.6 Å². The van der Waals surface area contributed by atoms with Gasteiger partial charge < -0.3 is 4.90 Å². The van der Waals surface area contributed by atoms with Crippen molar-refractivity contribution >= 4 is 23.2 Å². The number of carbonyl (C=O) groups excluding carboxylic acids is 1. The summed E-state index contributed by atoms with van der Waals surface area (Å²) in [6.07, 6.45) is 1.53. The van der Waals surface area contributed by atoms with Gasteiger partial charge in [-0.2, -0.15) is 0 Å². The Bertz CT molecular complexity index is 740. The molecule has 2 atom stereocenters. The third-order valence-corrected chi connectivity index (χ3v) is 5.30. The highest BCUT2D eigenvalue weighted by molar-refractivity contribution is 6.21. The Morgan fingerprint density at radius 1 is 1.19 bits per heavy atom. The van der Waals surface area contributed by atoms with E-state index in [4.69, 9.17) is 11.6 Å². The quantitative estimate of drug-likeness (QED) is 0.772. The molecule has 21 heavy (non-hydrogen) atoms. The number of halogens is 1. The van der Waals surface area contributed by atoms with Crippen LogP contribution in [0.1, 0.15) is 33.5 Å². The number of nitrogens with zero attached hydrogens (tertiary/aromatic N) is 1. The zero-order valence-corrected chi connectivity index (χ0v) is 12.6. The van der Waals surface area contributed by atoms with Crippen LogP contribution in [0.4, 0.5) is 5.69 Å². The van der Waals surface area contributed by atoms with Gasteiger partial charge >= 0.3 is 0 Å². The number of rotatable bonds is 2. The van der Waals surface area contributed by atoms with E-state index in [0.29, 0.717) is 12.3 Å². The molecule has 0 aromatic heterocycles. The van der Waals surface area contributed by atoms with Gasteiger partial charge in [0.2, 0.25) is 5.91 Å². The number of amides is 1. The molecule has 1 amide bonds. The van der Waals surface area contributed by atoms with Crippen molar-refractivity contribution in [2.45, 2.75) is 24.1 Å². The maximum Gasteiger partial charge on any atom is 0.231 e. The lowest BCUT2D eigenvalue weighted by atomic mass is 9.74. The minimum atomic E-state index is -0.0220. The van der Waals surface area contributed by atoms with Crippen LogP contribution in [0.5, 0.6) is 0 Å². The molecule has 0 saturated heterocycles. The van der Waals surface area contributed by atoms with E-state index in [1.165, 1.54) is 11.1 Å². The first-order valence-corrected chi connectivity index (χ1v) is 7.70. The summed E-state index contributed by atoms with van der Waals surface area (Å²) >= 11 is 6.71. The summed E-state index contributed by atoms with van der Waals surface area (Å²) in [5.41, 5.74) is 6.01. The first-order valence-electron chi connectivity index (χ1n) is 7.26. The van der Waals surface area contributed by atoms with Crippen LogP contribution < -0.4 is 4.90 Å². The molecule has 0 bridgehead atoms. The number of hydrogen-bond donors (Lipinski definition) is 0. The summed E-state index contributed by atoms with van der Waals surface area (Å²) in [5, 5.41) is -0.0220. The SMILES string of the molecule is CN1C(=O)Cc2cc(C(Cl)C3Cc4ccccc43)ccc21. The smallest absolute Gasteiger partial charge is 0.231 e. The van der Waals surface area contributed by atoms with Crippen molar-refractivity contribution in [3.8, 4) is 0 Å². The third kappa shape index (κ3) is 1.90. The molecule has 0 radical (unpaired) electrons. The molecule has 2 nitrogen and oxygen atoms in total. The standard InChI is InChI=1S/C18H16ClNO/c1-20-16-7-6-12(8-13(16)10-17(20)21)18(19)15-9-11-4-2-3-5-14(11)15/h2-8,15,18H,9-10H2,1H3. The van der Waals surface area contributed by atoms with E-state index in [-0.39, 0.29) is 11.3 Å². The summed E-state index contributed by atoms with van der Waals surface area (Å²) in [6, 6.07) is 14.7. The van der Waals surface area contributed by atoms with Crippen molar-refractivity contribution < 1.29 is 4.79 Å². The van der Waals surface area contributed by atoms with Gasteiger partial charge in [0.1, 0.15) is 0 Å². The Hall–Kier alpha value is -1.80. The topological polar surface area (TPSA) is 20.3 Å². The Labute approximate surface area is 129 Å². The molecule has 2 unspecified atom stereocenters. The van der Waals surface area contributed by atoms with Crippen molar-refractivity contribution in [2.24, 2.45) is 0 Å². The first-order chi connectivity index (χ1) is 10.1. The monoisotopic (exact) mass is 297 g/mol. The van der Waals surface area contributed by atoms with Crippen molar-refractivity contribution in [1.29, 1.82) is 0 Å². The summed E-state index contributed by atoms with van der Waals surface area (Å²) in [6.45, 7) is 0. The highest BCUT2D eigenvalue weighted by Gasteiger charge is 2.33. The number of anilines is 1. The van der Waals surface area contributed by atoms with E-state index in [2.05, 4.69) is 36.4 Å². The lowest BCUT2D eigenvalue weighted by Gasteiger charge is -2.34. The van der Waals surface area contributed by atoms with E-state index in [0.717, 1.165) is 23.2 Å². The van der Waals surface area contributed by atoms with Gasteiger partial charge in [-0.3, -0.25) is 4.79 Å². The van der Waals surface area contributed by atoms with Gasteiger partial charge in [-0.1, -0.05) is 36.4 Å². The minimum absolute atomic E-state index is 0.0220. The Balaban J connectivity index is 1.64. The van der Waals surface area contributed by atoms with Gasteiger partial charge in [0.15, 0.2) is 0 Å². The van der Waals surface area contributed by atoms with Gasteiger partial charge in [-0.05, 0) is 34.7 Å². The molecule has 0 saturated carbocycles. The molecule has 1 heterocycles. The second-order valence-electron chi connectivity index (χ2n) is 5.93. The molecule has 1 aliphatic carbocycles. The van der Waals surface area contributed by atoms with Gasteiger partial charge in [0, 0.05) is 18.7 Å². The molecular weight excluding hydrogens is 282 g/mol. The number of benzene rings is 2. The van der Waals surface area contributed by atoms with E-state index in [1.807, 2.05) is 13.1 Å². The molecule has 0 N–H and O–H groups in total. The lowest BCUT2D eigenvalue weighted by Crippen LogP contribution is -2.21. The average Bonchev–Trinajstić information content (AvgIpc) is 2.75. The number of hydrogen-bond acceptors (Lipinski definition) is 1. The highest BCUT2D eigenvalue weighted by atomic mass is 35.5. The van der Waals surface area contributed by atoms with E-state index >= 15 is 0 Å². The third-order valence-electron chi connectivity index (χ3n) is 4.75. The normalized spacial score (nSPS) is 20.8. The molecule has 4 rings (SSSR count). The number of fused-ring (bicyclic) bond motifs is 2. The van der Waals surface area contributed by atoms with Crippen LogP contribution >= 0.6 is 11.6 Å². The fourth-order valence-corrected chi connectivity index (χ4v) is 3.81. The van der Waals surface area contributed by atoms with Gasteiger partial charge in [0.05, 0.1) is 11.8 Å². The predicted molar refractivity (Wildman–Crippen MR) is 85.0 cm³/mol. The van der Waals surface area contributed by atoms with Gasteiger partial charge in [-0.25, -0.2) is 0 Å². The number of likely N-dealkylation sites (N-methyl/N-ethyl adjacent to an activating group) is 1. The summed E-state index contributed by atoms with van der Waals surface area (Å²) in [7, 11) is 1.83. The molecule has 0 spiro atoms. The van der Waals surface area contributed by atoms with Crippen molar-refractivity contribution in [1.82, 2.24) is 0 Å². The second kappa shape index (κ2) is 4.60. The Kier molecular flexibility index (Phi) is 2.83. The fourth-order valence-electron chi connectivity index (χ4n) is 3.45. The van der Waals surface area contributed by atoms with Crippen LogP contribution in [-0.4, -0.2) is 13.0 Å². The molecule has 2 aliphatic rings. The van der Waals surface area contributed by atoms with E-state index in [9.17, 15) is 4.79 Å². The first kappa shape index (κ1) is 12.9. The Morgan fingerprint density at radius 2 is 2.00 bits per heavy atom. The lowest BCUT2D eigenvalue weighted by molar-refractivity contribution is -0.117. The minimum Gasteiger partial charge on any atom is -0.315 e. The number of alkyl halides is 1. The molecule has 1 aliphatic heterocycles. The van der Waals surface area contributed by atoms with Crippen molar-refractivity contribution in [2.75, 3.05) is 11.9 Å². The second-order valence-corrected chi connectivity index (χ2v) is 6.40. The van der Waals surface area contributed by atoms with Gasteiger partial charge in [0.25, 0.3) is 0 Å². The van der Waals surface area contributed by atoms with Crippen LogP contribution in [0.3, 0.4) is 0 Å². The fraction of sp³-hybridized carbons (Fsp3) is 0.278.